The summed E-state index contributed by atoms with van der Waals surface area (Å²) in [4.78, 5) is 14.7. The van der Waals surface area contributed by atoms with Gasteiger partial charge in [-0.25, -0.2) is 9.97 Å². The van der Waals surface area contributed by atoms with E-state index in [4.69, 9.17) is 0 Å². The van der Waals surface area contributed by atoms with E-state index in [0.29, 0.717) is 15.1 Å². The lowest BCUT2D eigenvalue weighted by atomic mass is 9.86. The van der Waals surface area contributed by atoms with Gasteiger partial charge in [-0.05, 0) is 57.1 Å². The van der Waals surface area contributed by atoms with E-state index in [0.717, 1.165) is 58.4 Å². The first-order valence-electron chi connectivity index (χ1n) is 11.2. The number of rotatable bonds is 4. The van der Waals surface area contributed by atoms with E-state index in [-0.39, 0.29) is 0 Å². The highest BCUT2D eigenvalue weighted by molar-refractivity contribution is 14.1. The topological polar surface area (TPSA) is 32.3 Å². The van der Waals surface area contributed by atoms with Gasteiger partial charge in [-0.3, -0.25) is 0 Å². The molecule has 9 heteroatoms. The maximum absolute atomic E-state index is 12.9. The number of likely N-dealkylation sites (tertiary alicyclic amines) is 1. The van der Waals surface area contributed by atoms with Crippen molar-refractivity contribution in [3.05, 3.63) is 17.3 Å². The molecule has 4 nitrogen and oxygen atoms in total. The van der Waals surface area contributed by atoms with Gasteiger partial charge in [0, 0.05) is 40.4 Å². The lowest BCUT2D eigenvalue weighted by molar-refractivity contribution is -0.126. The Hall–Kier alpha value is -0.680. The molecule has 1 atom stereocenters. The Kier molecular flexibility index (Phi) is 6.13. The van der Waals surface area contributed by atoms with Gasteiger partial charge >= 0.3 is 6.18 Å². The zero-order valence-electron chi connectivity index (χ0n) is 17.5. The van der Waals surface area contributed by atoms with Gasteiger partial charge in [-0.15, -0.1) is 11.3 Å². The second-order valence-corrected chi connectivity index (χ2v) is 12.6. The SMILES string of the molecule is FC(F)(F)Cc1cc2c(N3CCC4(CCN(C[C@H]5CC[C@@H](I)CC5)C4)C3)ncnc2s1. The summed E-state index contributed by atoms with van der Waals surface area (Å²) in [6.07, 6.45) is 4.19. The smallest absolute Gasteiger partial charge is 0.355 e. The molecule has 3 fully saturated rings. The van der Waals surface area contributed by atoms with Gasteiger partial charge in [0.1, 0.15) is 17.0 Å². The Morgan fingerprint density at radius 3 is 2.65 bits per heavy atom. The van der Waals surface area contributed by atoms with E-state index < -0.39 is 12.6 Å². The zero-order chi connectivity index (χ0) is 21.6. The zero-order valence-corrected chi connectivity index (χ0v) is 20.5. The fraction of sp³-hybridized carbons (Fsp3) is 0.727. The highest BCUT2D eigenvalue weighted by atomic mass is 127. The first kappa shape index (κ1) is 22.1. The van der Waals surface area contributed by atoms with Crippen LogP contribution >= 0.6 is 33.9 Å². The first-order valence-corrected chi connectivity index (χ1v) is 13.3. The largest absolute Gasteiger partial charge is 0.393 e. The summed E-state index contributed by atoms with van der Waals surface area (Å²) in [5, 5.41) is 0.772. The lowest BCUT2D eigenvalue weighted by Gasteiger charge is -2.30. The van der Waals surface area contributed by atoms with Gasteiger partial charge < -0.3 is 9.80 Å². The van der Waals surface area contributed by atoms with Crippen molar-refractivity contribution >= 4 is 50.0 Å². The molecule has 2 aromatic rings. The van der Waals surface area contributed by atoms with Crippen molar-refractivity contribution < 1.29 is 13.2 Å². The Morgan fingerprint density at radius 2 is 1.87 bits per heavy atom. The highest BCUT2D eigenvalue weighted by Crippen LogP contribution is 2.43. The molecule has 170 valence electrons. The van der Waals surface area contributed by atoms with Gasteiger partial charge in [0.05, 0.1) is 11.8 Å². The third-order valence-corrected chi connectivity index (χ3v) is 9.57. The van der Waals surface area contributed by atoms with Gasteiger partial charge in [-0.2, -0.15) is 13.2 Å². The Labute approximate surface area is 198 Å². The van der Waals surface area contributed by atoms with Crippen LogP contribution in [0.4, 0.5) is 19.0 Å². The molecule has 1 unspecified atom stereocenters. The van der Waals surface area contributed by atoms with Crippen molar-refractivity contribution in [1.82, 2.24) is 14.9 Å². The average molecular weight is 564 g/mol. The molecule has 1 saturated carbocycles. The predicted molar refractivity (Wildman–Crippen MR) is 127 cm³/mol. The first-order chi connectivity index (χ1) is 14.8. The van der Waals surface area contributed by atoms with E-state index in [2.05, 4.69) is 42.4 Å². The van der Waals surface area contributed by atoms with E-state index in [1.165, 1.54) is 51.5 Å². The van der Waals surface area contributed by atoms with E-state index >= 15 is 0 Å². The van der Waals surface area contributed by atoms with Crippen LogP contribution in [0, 0.1) is 11.3 Å². The number of halogens is 4. The normalized spacial score (nSPS) is 30.1. The number of anilines is 1. The van der Waals surface area contributed by atoms with Crippen LogP contribution in [0.15, 0.2) is 12.4 Å². The molecular weight excluding hydrogens is 536 g/mol. The highest BCUT2D eigenvalue weighted by Gasteiger charge is 2.44. The molecule has 0 aromatic carbocycles. The average Bonchev–Trinajstić information content (AvgIpc) is 3.41. The minimum Gasteiger partial charge on any atom is -0.355 e. The molecule has 31 heavy (non-hydrogen) atoms. The Bertz CT molecular complexity index is 927. The summed E-state index contributed by atoms with van der Waals surface area (Å²) < 4.78 is 39.4. The molecule has 5 rings (SSSR count). The third-order valence-electron chi connectivity index (χ3n) is 7.28. The van der Waals surface area contributed by atoms with Crippen LogP contribution in [0.3, 0.4) is 0 Å². The van der Waals surface area contributed by atoms with Crippen LogP contribution in [-0.2, 0) is 6.42 Å². The maximum Gasteiger partial charge on any atom is 0.393 e. The summed E-state index contributed by atoms with van der Waals surface area (Å²) in [6.45, 7) is 5.41. The van der Waals surface area contributed by atoms with Gasteiger partial charge in [0.2, 0.25) is 0 Å². The molecule has 2 aromatic heterocycles. The van der Waals surface area contributed by atoms with Crippen molar-refractivity contribution in [2.75, 3.05) is 37.6 Å². The van der Waals surface area contributed by atoms with Gasteiger partial charge in [0.25, 0.3) is 0 Å². The van der Waals surface area contributed by atoms with E-state index in [1.54, 1.807) is 6.07 Å². The van der Waals surface area contributed by atoms with Crippen molar-refractivity contribution in [2.45, 2.75) is 55.0 Å². The summed E-state index contributed by atoms with van der Waals surface area (Å²) in [6, 6.07) is 1.65. The summed E-state index contributed by atoms with van der Waals surface area (Å²) in [7, 11) is 0. The fourth-order valence-corrected chi connectivity index (χ4v) is 7.47. The fourth-order valence-electron chi connectivity index (χ4n) is 5.73. The molecule has 2 saturated heterocycles. The monoisotopic (exact) mass is 564 g/mol. The second kappa shape index (κ2) is 8.59. The number of nitrogens with zero attached hydrogens (tertiary/aromatic N) is 4. The number of fused-ring (bicyclic) bond motifs is 1. The molecule has 2 aliphatic heterocycles. The van der Waals surface area contributed by atoms with Crippen molar-refractivity contribution in [2.24, 2.45) is 11.3 Å². The van der Waals surface area contributed by atoms with Gasteiger partial charge in [-0.1, -0.05) is 22.6 Å². The minimum absolute atomic E-state index is 0.294. The molecule has 1 spiro atoms. The number of hydrogen-bond acceptors (Lipinski definition) is 5. The second-order valence-electron chi connectivity index (χ2n) is 9.70. The van der Waals surface area contributed by atoms with Crippen molar-refractivity contribution in [1.29, 1.82) is 0 Å². The minimum atomic E-state index is -4.20. The molecule has 0 amide bonds. The van der Waals surface area contributed by atoms with Crippen LogP contribution in [0.5, 0.6) is 0 Å². The third kappa shape index (κ3) is 4.98. The standard InChI is InChI=1S/C22H28F3IN4S/c23-22(24,25)10-17-9-18-19(27-14-28-20(18)31-17)30-8-6-21(13-30)5-7-29(12-21)11-15-1-3-16(26)4-2-15/h9,14-16H,1-8,10-13H2/t15-,16+,21?. The van der Waals surface area contributed by atoms with Crippen LogP contribution < -0.4 is 4.90 Å². The van der Waals surface area contributed by atoms with Crippen LogP contribution in [0.2, 0.25) is 0 Å². The van der Waals surface area contributed by atoms with Crippen LogP contribution in [-0.4, -0.2) is 57.7 Å². The molecular formula is C22H28F3IN4S. The molecule has 0 bridgehead atoms. The Morgan fingerprint density at radius 1 is 1.10 bits per heavy atom. The van der Waals surface area contributed by atoms with Crippen molar-refractivity contribution in [3.8, 4) is 0 Å². The van der Waals surface area contributed by atoms with Crippen LogP contribution in [0.1, 0.15) is 43.4 Å². The molecule has 0 N–H and O–H groups in total. The summed E-state index contributed by atoms with van der Waals surface area (Å²) in [5.74, 6) is 1.66. The number of alkyl halides is 4. The summed E-state index contributed by atoms with van der Waals surface area (Å²) in [5.41, 5.74) is 0.294. The molecule has 0 radical (unpaired) electrons. The van der Waals surface area contributed by atoms with Crippen molar-refractivity contribution in [3.63, 3.8) is 0 Å². The molecule has 1 aliphatic carbocycles. The quantitative estimate of drug-likeness (QED) is 0.353. The van der Waals surface area contributed by atoms with E-state index in [9.17, 15) is 13.2 Å². The predicted octanol–water partition coefficient (Wildman–Crippen LogP) is 5.69. The van der Waals surface area contributed by atoms with Gasteiger partial charge in [0.15, 0.2) is 0 Å². The lowest BCUT2D eigenvalue weighted by Crippen LogP contribution is -2.34. The number of aromatic nitrogens is 2. The number of hydrogen-bond donors (Lipinski definition) is 0. The Balaban J connectivity index is 1.26. The van der Waals surface area contributed by atoms with E-state index in [1.807, 2.05) is 0 Å². The summed E-state index contributed by atoms with van der Waals surface area (Å²) >= 11 is 3.73. The maximum atomic E-state index is 12.9. The molecule has 4 heterocycles. The van der Waals surface area contributed by atoms with Crippen LogP contribution in [0.25, 0.3) is 10.2 Å². The number of thiophene rings is 1. The molecule has 3 aliphatic rings.